The fourth-order valence-electron chi connectivity index (χ4n) is 3.33. The number of anilines is 1. The van der Waals surface area contributed by atoms with E-state index in [-0.39, 0.29) is 18.3 Å². The molecule has 0 radical (unpaired) electrons. The summed E-state index contributed by atoms with van der Waals surface area (Å²) in [6.07, 6.45) is 0.178. The van der Waals surface area contributed by atoms with Crippen LogP contribution >= 0.6 is 0 Å². The maximum atomic E-state index is 12.1. The summed E-state index contributed by atoms with van der Waals surface area (Å²) >= 11 is 0. The second-order valence-electron chi connectivity index (χ2n) is 6.65. The average molecular weight is 406 g/mol. The van der Waals surface area contributed by atoms with Crippen molar-refractivity contribution in [2.75, 3.05) is 19.4 Å². The maximum Gasteiger partial charge on any atom is 0.303 e. The molecule has 1 saturated heterocycles. The zero-order valence-electron chi connectivity index (χ0n) is 16.4. The number of hydrogen-bond acceptors (Lipinski definition) is 10. The first kappa shape index (κ1) is 20.5. The Balaban J connectivity index is 2.05. The Morgan fingerprint density at radius 2 is 1.93 bits per heavy atom. The molecule has 0 saturated carbocycles. The molecule has 3 heterocycles. The molecule has 1 aliphatic heterocycles. The van der Waals surface area contributed by atoms with E-state index in [0.29, 0.717) is 11.2 Å². The summed E-state index contributed by atoms with van der Waals surface area (Å²) in [6.45, 7) is 3.77. The van der Waals surface area contributed by atoms with Crippen molar-refractivity contribution in [2.24, 2.45) is 0 Å². The monoisotopic (exact) mass is 406 g/mol. The van der Waals surface area contributed by atoms with E-state index in [1.807, 2.05) is 0 Å². The molecule has 2 aromatic rings. The van der Waals surface area contributed by atoms with Crippen molar-refractivity contribution in [1.29, 1.82) is 0 Å². The van der Waals surface area contributed by atoms with E-state index >= 15 is 0 Å². The van der Waals surface area contributed by atoms with Gasteiger partial charge in [-0.05, 0) is 0 Å². The highest BCUT2D eigenvalue weighted by molar-refractivity contribution is 5.81. The quantitative estimate of drug-likeness (QED) is 0.652. The van der Waals surface area contributed by atoms with Gasteiger partial charge in [0.1, 0.15) is 30.6 Å². The van der Waals surface area contributed by atoms with Gasteiger partial charge in [-0.25, -0.2) is 15.0 Å². The minimum Gasteiger partial charge on any atom is -0.463 e. The summed E-state index contributed by atoms with van der Waals surface area (Å²) in [7, 11) is 1.56. The average Bonchev–Trinajstić information content (AvgIpc) is 3.21. The van der Waals surface area contributed by atoms with Gasteiger partial charge in [-0.1, -0.05) is 0 Å². The standard InChI is InChI=1S/C17H22N6O6/c1-8(24)22(4)13-11(5-27-9(2)25)29-17(14(13)28-10(3)26)23-7-21-12-15(18)19-6-20-16(12)23/h6-7,11,13-14,17H,5H2,1-4H3,(H2,18,19,20)/t11-,13+,14+,17+/m1/s1. The summed E-state index contributed by atoms with van der Waals surface area (Å²) in [5.41, 5.74) is 6.57. The van der Waals surface area contributed by atoms with Crippen LogP contribution in [0.5, 0.6) is 0 Å². The van der Waals surface area contributed by atoms with E-state index < -0.39 is 36.4 Å². The second kappa shape index (κ2) is 7.99. The molecule has 1 amide bonds. The Kier molecular flexibility index (Phi) is 5.64. The molecule has 0 aromatic carbocycles. The third kappa shape index (κ3) is 3.97. The van der Waals surface area contributed by atoms with Crippen LogP contribution in [0.1, 0.15) is 27.0 Å². The molecule has 0 spiro atoms. The van der Waals surface area contributed by atoms with Crippen LogP contribution in [0.2, 0.25) is 0 Å². The van der Waals surface area contributed by atoms with Crippen LogP contribution in [0.25, 0.3) is 11.2 Å². The summed E-state index contributed by atoms with van der Waals surface area (Å²) in [5, 5.41) is 0. The van der Waals surface area contributed by atoms with Gasteiger partial charge in [-0.3, -0.25) is 19.0 Å². The van der Waals surface area contributed by atoms with Crippen LogP contribution in [0, 0.1) is 0 Å². The lowest BCUT2D eigenvalue weighted by atomic mass is 10.1. The molecular formula is C17H22N6O6. The predicted molar refractivity (Wildman–Crippen MR) is 98.1 cm³/mol. The Labute approximate surface area is 165 Å². The van der Waals surface area contributed by atoms with E-state index in [2.05, 4.69) is 15.0 Å². The zero-order valence-corrected chi connectivity index (χ0v) is 16.4. The molecule has 0 aliphatic carbocycles. The number of fused-ring (bicyclic) bond motifs is 1. The van der Waals surface area contributed by atoms with Gasteiger partial charge in [-0.15, -0.1) is 0 Å². The smallest absolute Gasteiger partial charge is 0.303 e. The largest absolute Gasteiger partial charge is 0.463 e. The van der Waals surface area contributed by atoms with E-state index in [0.717, 1.165) is 0 Å². The molecule has 156 valence electrons. The molecule has 2 N–H and O–H groups in total. The molecule has 4 atom stereocenters. The molecule has 0 unspecified atom stereocenters. The lowest BCUT2D eigenvalue weighted by molar-refractivity contribution is -0.155. The van der Waals surface area contributed by atoms with Crippen molar-refractivity contribution < 1.29 is 28.6 Å². The highest BCUT2D eigenvalue weighted by Gasteiger charge is 2.51. The van der Waals surface area contributed by atoms with Gasteiger partial charge in [0.25, 0.3) is 0 Å². The predicted octanol–water partition coefficient (Wildman–Crippen LogP) is -0.352. The van der Waals surface area contributed by atoms with Crippen molar-refractivity contribution in [2.45, 2.75) is 45.2 Å². The van der Waals surface area contributed by atoms with Crippen molar-refractivity contribution >= 4 is 34.8 Å². The number of imidazole rings is 1. The van der Waals surface area contributed by atoms with Crippen molar-refractivity contribution in [3.8, 4) is 0 Å². The third-order valence-corrected chi connectivity index (χ3v) is 4.67. The molecule has 12 nitrogen and oxygen atoms in total. The minimum atomic E-state index is -0.907. The number of likely N-dealkylation sites (N-methyl/N-ethyl adjacent to an activating group) is 1. The third-order valence-electron chi connectivity index (χ3n) is 4.67. The summed E-state index contributed by atoms with van der Waals surface area (Å²) in [4.78, 5) is 48.9. The van der Waals surface area contributed by atoms with E-state index in [1.165, 1.54) is 38.3 Å². The molecule has 29 heavy (non-hydrogen) atoms. The first-order chi connectivity index (χ1) is 13.7. The Morgan fingerprint density at radius 3 is 2.55 bits per heavy atom. The molecular weight excluding hydrogens is 384 g/mol. The molecule has 1 fully saturated rings. The first-order valence-electron chi connectivity index (χ1n) is 8.83. The number of rotatable bonds is 5. The number of nitrogen functional groups attached to an aromatic ring is 1. The normalized spacial score (nSPS) is 23.7. The van der Waals surface area contributed by atoms with Gasteiger partial charge in [0.05, 0.1) is 6.33 Å². The molecule has 1 aliphatic rings. The van der Waals surface area contributed by atoms with E-state index in [4.69, 9.17) is 19.9 Å². The molecule has 12 heteroatoms. The number of nitrogens with two attached hydrogens (primary N) is 1. The second-order valence-corrected chi connectivity index (χ2v) is 6.65. The first-order valence-corrected chi connectivity index (χ1v) is 8.83. The SMILES string of the molecule is CC(=O)OC[C@H]1O[C@H](n2cnc3c(N)ncnc32)[C@@H](OC(C)=O)[C@H]1N(C)C(C)=O. The van der Waals surface area contributed by atoms with Gasteiger partial charge in [0.15, 0.2) is 23.8 Å². The van der Waals surface area contributed by atoms with Gasteiger partial charge < -0.3 is 24.8 Å². The van der Waals surface area contributed by atoms with Gasteiger partial charge >= 0.3 is 11.9 Å². The number of aromatic nitrogens is 4. The highest BCUT2D eigenvalue weighted by atomic mass is 16.6. The fraction of sp³-hybridized carbons (Fsp3) is 0.529. The number of nitrogens with zero attached hydrogens (tertiary/aromatic N) is 5. The number of carbonyl (C=O) groups excluding carboxylic acids is 3. The van der Waals surface area contributed by atoms with Crippen molar-refractivity contribution in [1.82, 2.24) is 24.4 Å². The topological polar surface area (TPSA) is 152 Å². The van der Waals surface area contributed by atoms with Crippen molar-refractivity contribution in [3.63, 3.8) is 0 Å². The van der Waals surface area contributed by atoms with E-state index in [1.54, 1.807) is 11.6 Å². The number of hydrogen-bond donors (Lipinski definition) is 1. The van der Waals surface area contributed by atoms with Gasteiger partial charge in [0.2, 0.25) is 5.91 Å². The van der Waals surface area contributed by atoms with Crippen molar-refractivity contribution in [3.05, 3.63) is 12.7 Å². The highest BCUT2D eigenvalue weighted by Crippen LogP contribution is 2.36. The lowest BCUT2D eigenvalue weighted by Gasteiger charge is -2.31. The Bertz CT molecular complexity index is 946. The van der Waals surface area contributed by atoms with Crippen LogP contribution in [0.3, 0.4) is 0 Å². The zero-order chi connectivity index (χ0) is 21.3. The minimum absolute atomic E-state index is 0.129. The van der Waals surface area contributed by atoms with Crippen LogP contribution in [0.15, 0.2) is 12.7 Å². The number of esters is 2. The summed E-state index contributed by atoms with van der Waals surface area (Å²) in [5.74, 6) is -1.15. The molecule has 3 rings (SSSR count). The Morgan fingerprint density at radius 1 is 1.21 bits per heavy atom. The summed E-state index contributed by atoms with van der Waals surface area (Å²) < 4.78 is 18.3. The maximum absolute atomic E-state index is 12.1. The van der Waals surface area contributed by atoms with Gasteiger partial charge in [0, 0.05) is 27.8 Å². The lowest BCUT2D eigenvalue weighted by Crippen LogP contribution is -2.50. The Hall–Kier alpha value is -3.28. The van der Waals surface area contributed by atoms with Crippen LogP contribution in [-0.4, -0.2) is 74.2 Å². The number of ether oxygens (including phenoxy) is 3. The van der Waals surface area contributed by atoms with Gasteiger partial charge in [-0.2, -0.15) is 0 Å². The fourth-order valence-corrected chi connectivity index (χ4v) is 3.33. The summed E-state index contributed by atoms with van der Waals surface area (Å²) in [6, 6.07) is -0.711. The number of carbonyl (C=O) groups is 3. The molecule has 2 aromatic heterocycles. The van der Waals surface area contributed by atoms with Crippen LogP contribution in [0.4, 0.5) is 5.82 Å². The number of amides is 1. The molecule has 0 bridgehead atoms. The van der Waals surface area contributed by atoms with Crippen LogP contribution < -0.4 is 5.73 Å². The van der Waals surface area contributed by atoms with E-state index in [9.17, 15) is 14.4 Å². The van der Waals surface area contributed by atoms with Crippen LogP contribution in [-0.2, 0) is 28.6 Å².